The molecular formula is C17H27. The van der Waals surface area contributed by atoms with E-state index < -0.39 is 0 Å². The molecule has 0 heterocycles. The highest BCUT2D eigenvalue weighted by Gasteiger charge is 2.07. The molecular weight excluding hydrogens is 204 g/mol. The van der Waals surface area contributed by atoms with Crippen molar-refractivity contribution < 1.29 is 0 Å². The second kappa shape index (κ2) is 9.27. The summed E-state index contributed by atoms with van der Waals surface area (Å²) in [4.78, 5) is 0. The maximum Gasteiger partial charge on any atom is -0.0162 e. The molecule has 0 fully saturated rings. The quantitative estimate of drug-likeness (QED) is 0.475. The molecule has 0 bridgehead atoms. The normalized spacial score (nSPS) is 12.6. The van der Waals surface area contributed by atoms with Crippen LogP contribution in [0.15, 0.2) is 30.3 Å². The summed E-state index contributed by atoms with van der Waals surface area (Å²) in [6, 6.07) is 10.9. The monoisotopic (exact) mass is 231 g/mol. The smallest absolute Gasteiger partial charge is 0.0162 e. The van der Waals surface area contributed by atoms with Gasteiger partial charge in [0.15, 0.2) is 0 Å². The standard InChI is InChI=1S/C17H27/c1-3-5-6-7-8-10-13-16(4-2)17-14-11-9-12-15-17/h9,11-12,14-16H,2-8,10,13H2,1H3. The van der Waals surface area contributed by atoms with Crippen LogP contribution in [-0.4, -0.2) is 0 Å². The number of hydrogen-bond acceptors (Lipinski definition) is 0. The van der Waals surface area contributed by atoms with E-state index in [0.717, 1.165) is 6.42 Å². The Morgan fingerprint density at radius 2 is 1.59 bits per heavy atom. The maximum absolute atomic E-state index is 4.09. The Balaban J connectivity index is 2.20. The Labute approximate surface area is 107 Å². The highest BCUT2D eigenvalue weighted by molar-refractivity contribution is 5.19. The van der Waals surface area contributed by atoms with Crippen LogP contribution in [-0.2, 0) is 0 Å². The molecule has 95 valence electrons. The number of unbranched alkanes of at least 4 members (excludes halogenated alkanes) is 5. The van der Waals surface area contributed by atoms with Crippen molar-refractivity contribution in [2.24, 2.45) is 0 Å². The first-order valence-corrected chi connectivity index (χ1v) is 7.22. The van der Waals surface area contributed by atoms with Gasteiger partial charge in [-0.3, -0.25) is 0 Å². The van der Waals surface area contributed by atoms with Crippen molar-refractivity contribution in [2.45, 2.75) is 64.2 Å². The van der Waals surface area contributed by atoms with Crippen molar-refractivity contribution >= 4 is 0 Å². The van der Waals surface area contributed by atoms with E-state index in [9.17, 15) is 0 Å². The average Bonchev–Trinajstić information content (AvgIpc) is 2.39. The van der Waals surface area contributed by atoms with Crippen LogP contribution in [0.1, 0.15) is 69.8 Å². The van der Waals surface area contributed by atoms with Gasteiger partial charge in [-0.2, -0.15) is 0 Å². The fraction of sp³-hybridized carbons (Fsp3) is 0.588. The Hall–Kier alpha value is -0.780. The summed E-state index contributed by atoms with van der Waals surface area (Å²) in [6.07, 6.45) is 10.6. The van der Waals surface area contributed by atoms with E-state index in [1.807, 2.05) is 0 Å². The lowest BCUT2D eigenvalue weighted by Gasteiger charge is -2.14. The summed E-state index contributed by atoms with van der Waals surface area (Å²) in [7, 11) is 0. The number of rotatable bonds is 9. The maximum atomic E-state index is 4.09. The second-order valence-electron chi connectivity index (χ2n) is 4.95. The van der Waals surface area contributed by atoms with Gasteiger partial charge in [0, 0.05) is 0 Å². The van der Waals surface area contributed by atoms with Crippen molar-refractivity contribution in [2.75, 3.05) is 0 Å². The van der Waals surface area contributed by atoms with Crippen molar-refractivity contribution in [1.82, 2.24) is 0 Å². The predicted molar refractivity (Wildman–Crippen MR) is 77.2 cm³/mol. The highest BCUT2D eigenvalue weighted by atomic mass is 14.1. The van der Waals surface area contributed by atoms with Gasteiger partial charge >= 0.3 is 0 Å². The summed E-state index contributed by atoms with van der Waals surface area (Å²) >= 11 is 0. The molecule has 1 aromatic carbocycles. The van der Waals surface area contributed by atoms with E-state index in [1.54, 1.807) is 0 Å². The van der Waals surface area contributed by atoms with Crippen molar-refractivity contribution in [3.8, 4) is 0 Å². The first kappa shape index (κ1) is 14.3. The second-order valence-corrected chi connectivity index (χ2v) is 4.95. The van der Waals surface area contributed by atoms with Crippen LogP contribution in [0.5, 0.6) is 0 Å². The van der Waals surface area contributed by atoms with E-state index >= 15 is 0 Å². The van der Waals surface area contributed by atoms with Crippen molar-refractivity contribution in [3.05, 3.63) is 42.8 Å². The first-order chi connectivity index (χ1) is 8.38. The van der Waals surface area contributed by atoms with Gasteiger partial charge in [0.1, 0.15) is 0 Å². The molecule has 1 atom stereocenters. The van der Waals surface area contributed by atoms with Crippen LogP contribution in [0.4, 0.5) is 0 Å². The lowest BCUT2D eigenvalue weighted by molar-refractivity contribution is 0.540. The molecule has 1 aromatic rings. The van der Waals surface area contributed by atoms with Gasteiger partial charge in [0.05, 0.1) is 0 Å². The summed E-state index contributed by atoms with van der Waals surface area (Å²) < 4.78 is 0. The molecule has 0 aliphatic rings. The van der Waals surface area contributed by atoms with Crippen LogP contribution in [0.25, 0.3) is 0 Å². The summed E-state index contributed by atoms with van der Waals surface area (Å²) in [5.41, 5.74) is 1.47. The minimum Gasteiger partial charge on any atom is -0.0654 e. The highest BCUT2D eigenvalue weighted by Crippen LogP contribution is 2.25. The van der Waals surface area contributed by atoms with Gasteiger partial charge in [0.2, 0.25) is 0 Å². The minimum atomic E-state index is 0.669. The van der Waals surface area contributed by atoms with Crippen LogP contribution in [0.3, 0.4) is 0 Å². The van der Waals surface area contributed by atoms with Gasteiger partial charge in [-0.25, -0.2) is 0 Å². The lowest BCUT2D eigenvalue weighted by atomic mass is 9.91. The van der Waals surface area contributed by atoms with Gasteiger partial charge < -0.3 is 0 Å². The first-order valence-electron chi connectivity index (χ1n) is 7.22. The third-order valence-corrected chi connectivity index (χ3v) is 3.53. The number of benzene rings is 1. The molecule has 1 rings (SSSR count). The predicted octanol–water partition coefficient (Wildman–Crippen LogP) is 5.74. The lowest BCUT2D eigenvalue weighted by Crippen LogP contribution is -1.97. The Bertz CT molecular complexity index is 263. The zero-order chi connectivity index (χ0) is 12.3. The van der Waals surface area contributed by atoms with Crippen molar-refractivity contribution in [3.63, 3.8) is 0 Å². The van der Waals surface area contributed by atoms with Crippen molar-refractivity contribution in [1.29, 1.82) is 0 Å². The minimum absolute atomic E-state index is 0.669. The van der Waals surface area contributed by atoms with E-state index in [4.69, 9.17) is 0 Å². The molecule has 0 aliphatic heterocycles. The van der Waals surface area contributed by atoms with Crippen LogP contribution in [0.2, 0.25) is 0 Å². The molecule has 1 unspecified atom stereocenters. The molecule has 1 radical (unpaired) electrons. The third kappa shape index (κ3) is 5.91. The van der Waals surface area contributed by atoms with Gasteiger partial charge in [-0.05, 0) is 24.3 Å². The fourth-order valence-corrected chi connectivity index (χ4v) is 2.37. The molecule has 17 heavy (non-hydrogen) atoms. The molecule has 0 saturated carbocycles. The van der Waals surface area contributed by atoms with E-state index in [-0.39, 0.29) is 0 Å². The largest absolute Gasteiger partial charge is 0.0654 e. The number of hydrogen-bond donors (Lipinski definition) is 0. The zero-order valence-electron chi connectivity index (χ0n) is 11.3. The summed E-state index contributed by atoms with van der Waals surface area (Å²) in [5.74, 6) is 0.669. The fourth-order valence-electron chi connectivity index (χ4n) is 2.37. The van der Waals surface area contributed by atoms with Crippen LogP contribution >= 0.6 is 0 Å². The van der Waals surface area contributed by atoms with Gasteiger partial charge in [-0.1, -0.05) is 82.7 Å². The molecule has 0 heteroatoms. The molecule has 0 spiro atoms. The summed E-state index contributed by atoms with van der Waals surface area (Å²) in [6.45, 7) is 6.36. The third-order valence-electron chi connectivity index (χ3n) is 3.53. The molecule has 0 aromatic heterocycles. The molecule has 0 saturated heterocycles. The SMILES string of the molecule is [CH2]CC(CCCCCCCC)c1ccccc1. The van der Waals surface area contributed by atoms with Crippen LogP contribution < -0.4 is 0 Å². The van der Waals surface area contributed by atoms with E-state index in [2.05, 4.69) is 44.2 Å². The van der Waals surface area contributed by atoms with E-state index in [1.165, 1.54) is 50.5 Å². The van der Waals surface area contributed by atoms with Crippen LogP contribution in [0, 0.1) is 6.92 Å². The Morgan fingerprint density at radius 3 is 2.24 bits per heavy atom. The molecule has 0 aliphatic carbocycles. The Kier molecular flexibility index (Phi) is 7.79. The summed E-state index contributed by atoms with van der Waals surface area (Å²) in [5, 5.41) is 0. The van der Waals surface area contributed by atoms with Gasteiger partial charge in [-0.15, -0.1) is 0 Å². The molecule has 0 N–H and O–H groups in total. The van der Waals surface area contributed by atoms with E-state index in [0.29, 0.717) is 5.92 Å². The topological polar surface area (TPSA) is 0 Å². The average molecular weight is 231 g/mol. The Morgan fingerprint density at radius 1 is 0.941 bits per heavy atom. The molecule has 0 amide bonds. The zero-order valence-corrected chi connectivity index (χ0v) is 11.3. The van der Waals surface area contributed by atoms with Gasteiger partial charge in [0.25, 0.3) is 0 Å². The molecule has 0 nitrogen and oxygen atoms in total.